The van der Waals surface area contributed by atoms with E-state index in [0.717, 1.165) is 6.42 Å². The Hall–Kier alpha value is -4.94. The van der Waals surface area contributed by atoms with Crippen molar-refractivity contribution < 1.29 is 0 Å². The number of hydrogen-bond donors (Lipinski definition) is 0. The summed E-state index contributed by atoms with van der Waals surface area (Å²) < 4.78 is 0. The topological polar surface area (TPSA) is 0 Å². The van der Waals surface area contributed by atoms with E-state index in [4.69, 9.17) is 0 Å². The summed E-state index contributed by atoms with van der Waals surface area (Å²) in [5, 5.41) is 0. The molecule has 0 atom stereocenters. The molecule has 0 spiro atoms. The smallest absolute Gasteiger partial charge is 0.0463 e. The average Bonchev–Trinajstić information content (AvgIpc) is 3.59. The van der Waals surface area contributed by atoms with Crippen LogP contribution in [0.3, 0.4) is 0 Å². The Morgan fingerprint density at radius 2 is 0.959 bits per heavy atom. The summed E-state index contributed by atoms with van der Waals surface area (Å²) in [7, 11) is 0. The predicted molar refractivity (Wildman–Crippen MR) is 210 cm³/mol. The largest absolute Gasteiger partial charge is 0.0654 e. The minimum atomic E-state index is -0.129. The molecule has 0 amide bonds. The number of benzene rings is 6. The second-order valence-electron chi connectivity index (χ2n) is 14.4. The maximum Gasteiger partial charge on any atom is 0.0463 e. The number of hydrogen-bond acceptors (Lipinski definition) is 0. The van der Waals surface area contributed by atoms with Crippen LogP contribution in [0, 0.1) is 13.8 Å². The minimum Gasteiger partial charge on any atom is -0.0654 e. The van der Waals surface area contributed by atoms with Gasteiger partial charge in [0.2, 0.25) is 0 Å². The van der Waals surface area contributed by atoms with Crippen LogP contribution in [0.2, 0.25) is 0 Å². The summed E-state index contributed by atoms with van der Waals surface area (Å²) in [5.74, 6) is 0. The lowest BCUT2D eigenvalue weighted by atomic mass is 9.68. The zero-order valence-electron chi connectivity index (χ0n) is 29.2. The first kappa shape index (κ1) is 31.3. The van der Waals surface area contributed by atoms with E-state index >= 15 is 0 Å². The SMILES string of the molecule is CCCCCCCCC1(c2ccc(-c3ccc(C=C4c5ccccc5-c5ccccc54)cc3)cc2)c2cc(C)ccc2-c2ccc(C)cc21. The van der Waals surface area contributed by atoms with E-state index in [2.05, 4.69) is 160 Å². The quantitative estimate of drug-likeness (QED) is 0.131. The van der Waals surface area contributed by atoms with Gasteiger partial charge in [0.15, 0.2) is 0 Å². The fourth-order valence-electron chi connectivity index (χ4n) is 8.62. The lowest BCUT2D eigenvalue weighted by Gasteiger charge is -2.34. The maximum atomic E-state index is 2.48. The Kier molecular flexibility index (Phi) is 8.42. The Morgan fingerprint density at radius 3 is 1.51 bits per heavy atom. The Morgan fingerprint density at radius 1 is 0.469 bits per heavy atom. The summed E-state index contributed by atoms with van der Waals surface area (Å²) >= 11 is 0. The Balaban J connectivity index is 1.13. The van der Waals surface area contributed by atoms with Gasteiger partial charge in [-0.2, -0.15) is 0 Å². The molecule has 0 radical (unpaired) electrons. The van der Waals surface area contributed by atoms with E-state index in [1.807, 2.05) is 0 Å². The van der Waals surface area contributed by atoms with Gasteiger partial charge in [-0.05, 0) is 98.7 Å². The molecule has 0 unspecified atom stereocenters. The van der Waals surface area contributed by atoms with Crippen LogP contribution >= 0.6 is 0 Å². The summed E-state index contributed by atoms with van der Waals surface area (Å²) in [4.78, 5) is 0. The average molecular weight is 635 g/mol. The van der Waals surface area contributed by atoms with Gasteiger partial charge >= 0.3 is 0 Å². The molecule has 8 rings (SSSR count). The molecule has 0 fully saturated rings. The highest BCUT2D eigenvalue weighted by Gasteiger charge is 2.44. The maximum absolute atomic E-state index is 2.48. The van der Waals surface area contributed by atoms with Gasteiger partial charge in [0, 0.05) is 5.41 Å². The van der Waals surface area contributed by atoms with E-state index in [9.17, 15) is 0 Å². The molecular formula is C49H46. The molecule has 6 aromatic rings. The van der Waals surface area contributed by atoms with E-state index in [0.29, 0.717) is 0 Å². The summed E-state index contributed by atoms with van der Waals surface area (Å²) in [6, 6.07) is 50.5. The van der Waals surface area contributed by atoms with Gasteiger partial charge in [0.1, 0.15) is 0 Å². The van der Waals surface area contributed by atoms with Crippen molar-refractivity contribution in [3.63, 3.8) is 0 Å². The molecule has 0 aliphatic heterocycles. The molecule has 0 nitrogen and oxygen atoms in total. The highest BCUT2D eigenvalue weighted by molar-refractivity contribution is 6.06. The highest BCUT2D eigenvalue weighted by atomic mass is 14.5. The van der Waals surface area contributed by atoms with Crippen molar-refractivity contribution in [2.45, 2.75) is 71.1 Å². The van der Waals surface area contributed by atoms with Gasteiger partial charge in [-0.3, -0.25) is 0 Å². The third-order valence-corrected chi connectivity index (χ3v) is 11.1. The molecule has 6 aromatic carbocycles. The van der Waals surface area contributed by atoms with Crippen LogP contribution in [0.5, 0.6) is 0 Å². The molecule has 0 heteroatoms. The molecule has 0 saturated heterocycles. The summed E-state index contributed by atoms with van der Waals surface area (Å²) in [6.07, 6.45) is 11.3. The number of fused-ring (bicyclic) bond motifs is 6. The lowest BCUT2D eigenvalue weighted by molar-refractivity contribution is 0.506. The number of unbranched alkanes of at least 4 members (excludes halogenated alkanes) is 5. The van der Waals surface area contributed by atoms with Crippen LogP contribution in [0.4, 0.5) is 0 Å². The van der Waals surface area contributed by atoms with Gasteiger partial charge in [-0.25, -0.2) is 0 Å². The number of aryl methyl sites for hydroxylation is 2. The number of rotatable bonds is 10. The standard InChI is InChI=1S/C49H46/c1-4-5-6-7-8-13-30-49(47-31-34(2)18-28-44(47)45-29-19-35(3)32-48(45)49)39-26-24-38(25-27-39)37-22-20-36(21-23-37)33-46-42-16-11-9-14-40(42)41-15-10-12-17-43(41)46/h9-12,14-29,31-33H,4-8,13,30H2,1-3H3. The Labute approximate surface area is 293 Å². The summed E-state index contributed by atoms with van der Waals surface area (Å²) in [6.45, 7) is 6.80. The molecule has 0 aromatic heterocycles. The van der Waals surface area contributed by atoms with Crippen molar-refractivity contribution >= 4 is 11.6 Å². The Bertz CT molecular complexity index is 2060. The van der Waals surface area contributed by atoms with Gasteiger partial charge in [-0.15, -0.1) is 0 Å². The second kappa shape index (κ2) is 13.2. The molecule has 242 valence electrons. The first-order valence-electron chi connectivity index (χ1n) is 18.4. The van der Waals surface area contributed by atoms with Crippen molar-refractivity contribution in [3.8, 4) is 33.4 Å². The van der Waals surface area contributed by atoms with E-state index < -0.39 is 0 Å². The molecule has 0 N–H and O–H groups in total. The first-order valence-corrected chi connectivity index (χ1v) is 18.4. The van der Waals surface area contributed by atoms with Gasteiger partial charge in [-0.1, -0.05) is 190 Å². The van der Waals surface area contributed by atoms with Crippen molar-refractivity contribution in [3.05, 3.63) is 178 Å². The van der Waals surface area contributed by atoms with Crippen LogP contribution in [0.25, 0.3) is 45.0 Å². The molecule has 0 saturated carbocycles. The minimum absolute atomic E-state index is 0.129. The van der Waals surface area contributed by atoms with Crippen molar-refractivity contribution in [2.24, 2.45) is 0 Å². The fourth-order valence-corrected chi connectivity index (χ4v) is 8.62. The first-order chi connectivity index (χ1) is 24.1. The molecule has 49 heavy (non-hydrogen) atoms. The molecule has 2 aliphatic rings. The zero-order valence-corrected chi connectivity index (χ0v) is 29.2. The van der Waals surface area contributed by atoms with Crippen molar-refractivity contribution in [2.75, 3.05) is 0 Å². The highest BCUT2D eigenvalue weighted by Crippen LogP contribution is 2.55. The lowest BCUT2D eigenvalue weighted by Crippen LogP contribution is -2.27. The van der Waals surface area contributed by atoms with Crippen molar-refractivity contribution in [1.29, 1.82) is 0 Å². The molecule has 0 bridgehead atoms. The van der Waals surface area contributed by atoms with Crippen LogP contribution < -0.4 is 0 Å². The summed E-state index contributed by atoms with van der Waals surface area (Å²) in [5.41, 5.74) is 20.1. The van der Waals surface area contributed by atoms with Crippen LogP contribution in [-0.2, 0) is 5.41 Å². The monoisotopic (exact) mass is 634 g/mol. The molecular weight excluding hydrogens is 589 g/mol. The zero-order chi connectivity index (χ0) is 33.4. The van der Waals surface area contributed by atoms with Gasteiger partial charge < -0.3 is 0 Å². The van der Waals surface area contributed by atoms with Crippen molar-refractivity contribution in [1.82, 2.24) is 0 Å². The molecule has 2 aliphatic carbocycles. The predicted octanol–water partition coefficient (Wildman–Crippen LogP) is 13.6. The van der Waals surface area contributed by atoms with Gasteiger partial charge in [0.05, 0.1) is 0 Å². The third kappa shape index (κ3) is 5.58. The van der Waals surface area contributed by atoms with Gasteiger partial charge in [0.25, 0.3) is 0 Å². The van der Waals surface area contributed by atoms with E-state index in [-0.39, 0.29) is 5.41 Å². The second-order valence-corrected chi connectivity index (χ2v) is 14.4. The van der Waals surface area contributed by atoms with Crippen LogP contribution in [0.1, 0.15) is 96.4 Å². The normalized spacial score (nSPS) is 13.5. The molecule has 0 heterocycles. The van der Waals surface area contributed by atoms with Crippen LogP contribution in [-0.4, -0.2) is 0 Å². The van der Waals surface area contributed by atoms with Crippen LogP contribution in [0.15, 0.2) is 133 Å². The van der Waals surface area contributed by atoms with E-state index in [1.165, 1.54) is 122 Å². The van der Waals surface area contributed by atoms with E-state index in [1.54, 1.807) is 0 Å². The third-order valence-electron chi connectivity index (χ3n) is 11.1. The fraction of sp³-hybridized carbons (Fsp3) is 0.224.